The Balaban J connectivity index is 2.47. The van der Waals surface area contributed by atoms with Gasteiger partial charge in [-0.1, -0.05) is 12.1 Å². The minimum absolute atomic E-state index is 0.509. The molecule has 0 fully saturated rings. The Labute approximate surface area is 135 Å². The van der Waals surface area contributed by atoms with Crippen molar-refractivity contribution < 1.29 is 18.9 Å². The van der Waals surface area contributed by atoms with Crippen molar-refractivity contribution in [1.29, 1.82) is 0 Å². The molecular weight excluding hydrogens is 296 g/mol. The molecule has 0 atom stereocenters. The molecule has 120 valence electrons. The summed E-state index contributed by atoms with van der Waals surface area (Å²) in [6.45, 7) is 0. The van der Waals surface area contributed by atoms with Crippen LogP contribution in [0.25, 0.3) is 0 Å². The molecule has 2 aromatic rings. The molecule has 0 aliphatic rings. The number of rotatable bonds is 6. The summed E-state index contributed by atoms with van der Waals surface area (Å²) in [5.74, 6) is 2.27. The molecule has 0 aliphatic heterocycles. The fourth-order valence-corrected chi connectivity index (χ4v) is 2.01. The minimum Gasteiger partial charge on any atom is -0.494 e. The first kappa shape index (κ1) is 16.4. The fourth-order valence-electron chi connectivity index (χ4n) is 2.01. The van der Waals surface area contributed by atoms with Crippen molar-refractivity contribution in [2.24, 2.45) is 9.98 Å². The summed E-state index contributed by atoms with van der Waals surface area (Å²) < 4.78 is 21.1. The van der Waals surface area contributed by atoms with E-state index in [2.05, 4.69) is 16.0 Å². The molecule has 0 N–H and O–H groups in total. The monoisotopic (exact) mass is 314 g/mol. The van der Waals surface area contributed by atoms with Crippen molar-refractivity contribution in [2.75, 3.05) is 28.4 Å². The Morgan fingerprint density at radius 1 is 0.609 bits per heavy atom. The quantitative estimate of drug-likeness (QED) is 0.760. The molecule has 0 aromatic heterocycles. The van der Waals surface area contributed by atoms with E-state index in [9.17, 15) is 0 Å². The zero-order valence-electron chi connectivity index (χ0n) is 13.5. The molecule has 0 radical (unpaired) electrons. The van der Waals surface area contributed by atoms with Crippen molar-refractivity contribution in [3.63, 3.8) is 0 Å². The second-order valence-electron chi connectivity index (χ2n) is 4.35. The summed E-state index contributed by atoms with van der Waals surface area (Å²) in [6.07, 6.45) is 0. The Bertz CT molecular complexity index is 633. The molecular formula is C17H18N2O4. The topological polar surface area (TPSA) is 61.6 Å². The number of aliphatic imine (C=N–C) groups is 2. The number of hydrogen-bond donors (Lipinski definition) is 0. The maximum absolute atomic E-state index is 5.28. The van der Waals surface area contributed by atoms with Crippen LogP contribution in [-0.4, -0.2) is 34.4 Å². The highest BCUT2D eigenvalue weighted by Crippen LogP contribution is 2.38. The van der Waals surface area contributed by atoms with Crippen molar-refractivity contribution in [3.05, 3.63) is 36.4 Å². The van der Waals surface area contributed by atoms with E-state index < -0.39 is 0 Å². The van der Waals surface area contributed by atoms with Gasteiger partial charge in [0.2, 0.25) is 0 Å². The van der Waals surface area contributed by atoms with E-state index >= 15 is 0 Å². The van der Waals surface area contributed by atoms with Crippen LogP contribution in [0, 0.1) is 0 Å². The van der Waals surface area contributed by atoms with Crippen LogP contribution in [0.5, 0.6) is 23.0 Å². The molecule has 6 nitrogen and oxygen atoms in total. The van der Waals surface area contributed by atoms with E-state index in [-0.39, 0.29) is 0 Å². The van der Waals surface area contributed by atoms with Crippen LogP contribution in [-0.2, 0) is 0 Å². The van der Waals surface area contributed by atoms with Gasteiger partial charge in [-0.15, -0.1) is 0 Å². The van der Waals surface area contributed by atoms with Gasteiger partial charge in [0.1, 0.15) is 29.0 Å². The average molecular weight is 314 g/mol. The Hall–Kier alpha value is -2.98. The molecule has 0 saturated carbocycles. The van der Waals surface area contributed by atoms with Crippen LogP contribution in [0.15, 0.2) is 46.4 Å². The molecule has 2 aromatic carbocycles. The fraction of sp³-hybridized carbons (Fsp3) is 0.235. The lowest BCUT2D eigenvalue weighted by molar-refractivity contribution is 0.397. The first-order valence-corrected chi connectivity index (χ1v) is 6.83. The second-order valence-corrected chi connectivity index (χ2v) is 4.35. The molecule has 0 heterocycles. The predicted molar refractivity (Wildman–Crippen MR) is 88.3 cm³/mol. The van der Waals surface area contributed by atoms with Crippen LogP contribution >= 0.6 is 0 Å². The third-order valence-corrected chi connectivity index (χ3v) is 3.13. The summed E-state index contributed by atoms with van der Waals surface area (Å²) in [6, 6.07) is 13.4. The van der Waals surface area contributed by atoms with Crippen LogP contribution in [0.2, 0.25) is 0 Å². The molecule has 0 amide bonds. The largest absolute Gasteiger partial charge is 0.494 e. The summed E-state index contributed by atoms with van der Waals surface area (Å²) in [7, 11) is 6.25. The maximum atomic E-state index is 5.28. The van der Waals surface area contributed by atoms with Crippen molar-refractivity contribution in [3.8, 4) is 23.0 Å². The first-order chi connectivity index (χ1) is 11.2. The standard InChI is InChI=1S/C17H18N2O4/c1-20-12-7-5-8-13(21-2)16(12)18-11-19-17-14(22-3)9-6-10-15(17)23-4/h5-10H,1-4H3. The van der Waals surface area contributed by atoms with E-state index in [1.54, 1.807) is 52.7 Å². The lowest BCUT2D eigenvalue weighted by atomic mass is 10.2. The number of methoxy groups -OCH3 is 4. The molecule has 23 heavy (non-hydrogen) atoms. The summed E-state index contributed by atoms with van der Waals surface area (Å²) in [5, 5.41) is 0. The third kappa shape index (κ3) is 3.62. The summed E-state index contributed by atoms with van der Waals surface area (Å²) in [4.78, 5) is 8.43. The maximum Gasteiger partial charge on any atom is 0.158 e. The molecule has 2 rings (SSSR count). The highest BCUT2D eigenvalue weighted by molar-refractivity contribution is 5.71. The van der Waals surface area contributed by atoms with Gasteiger partial charge in [0.25, 0.3) is 0 Å². The van der Waals surface area contributed by atoms with Gasteiger partial charge >= 0.3 is 0 Å². The van der Waals surface area contributed by atoms with Gasteiger partial charge in [0.15, 0.2) is 11.4 Å². The second kappa shape index (κ2) is 7.87. The number of nitrogens with zero attached hydrogens (tertiary/aromatic N) is 2. The SMILES string of the molecule is COc1cccc(OC)c1N=C=Nc1c(OC)cccc1OC. The van der Waals surface area contributed by atoms with Crippen molar-refractivity contribution >= 4 is 17.4 Å². The number of benzene rings is 2. The Morgan fingerprint density at radius 2 is 0.913 bits per heavy atom. The van der Waals surface area contributed by atoms with Crippen molar-refractivity contribution in [2.45, 2.75) is 0 Å². The molecule has 0 saturated heterocycles. The zero-order valence-corrected chi connectivity index (χ0v) is 13.5. The highest BCUT2D eigenvalue weighted by atomic mass is 16.5. The van der Waals surface area contributed by atoms with Crippen LogP contribution < -0.4 is 18.9 Å². The minimum atomic E-state index is 0.509. The molecule has 0 aliphatic carbocycles. The first-order valence-electron chi connectivity index (χ1n) is 6.83. The Morgan fingerprint density at radius 3 is 1.17 bits per heavy atom. The van der Waals surface area contributed by atoms with Crippen molar-refractivity contribution in [1.82, 2.24) is 0 Å². The summed E-state index contributed by atoms with van der Waals surface area (Å²) >= 11 is 0. The Kier molecular flexibility index (Phi) is 5.61. The van der Waals surface area contributed by atoms with Gasteiger partial charge in [0.05, 0.1) is 28.4 Å². The lowest BCUT2D eigenvalue weighted by Crippen LogP contribution is -1.88. The van der Waals surface area contributed by atoms with Gasteiger partial charge in [-0.05, 0) is 24.3 Å². The van der Waals surface area contributed by atoms with Crippen LogP contribution in [0.1, 0.15) is 0 Å². The van der Waals surface area contributed by atoms with Gasteiger partial charge in [-0.2, -0.15) is 9.98 Å². The van der Waals surface area contributed by atoms with Crippen LogP contribution in [0.3, 0.4) is 0 Å². The number of ether oxygens (including phenoxy) is 4. The predicted octanol–water partition coefficient (Wildman–Crippen LogP) is 3.86. The van der Waals surface area contributed by atoms with E-state index in [1.807, 2.05) is 12.1 Å². The molecule has 0 bridgehead atoms. The van der Waals surface area contributed by atoms with Crippen LogP contribution in [0.4, 0.5) is 11.4 Å². The van der Waals surface area contributed by atoms with Gasteiger partial charge in [-0.3, -0.25) is 0 Å². The van der Waals surface area contributed by atoms with E-state index in [0.717, 1.165) is 0 Å². The normalized spacial score (nSPS) is 9.57. The number of hydrogen-bond acceptors (Lipinski definition) is 6. The van der Waals surface area contributed by atoms with E-state index in [1.165, 1.54) is 0 Å². The molecule has 0 spiro atoms. The lowest BCUT2D eigenvalue weighted by Gasteiger charge is -2.08. The number of para-hydroxylation sites is 2. The third-order valence-electron chi connectivity index (χ3n) is 3.13. The average Bonchev–Trinajstić information content (AvgIpc) is 2.61. The summed E-state index contributed by atoms with van der Waals surface area (Å²) in [5.41, 5.74) is 1.02. The van der Waals surface area contributed by atoms with E-state index in [0.29, 0.717) is 34.4 Å². The zero-order chi connectivity index (χ0) is 16.7. The van der Waals surface area contributed by atoms with Gasteiger partial charge < -0.3 is 18.9 Å². The van der Waals surface area contributed by atoms with Gasteiger partial charge in [0, 0.05) is 0 Å². The smallest absolute Gasteiger partial charge is 0.158 e. The molecule has 6 heteroatoms. The van der Waals surface area contributed by atoms with Gasteiger partial charge in [-0.25, -0.2) is 0 Å². The van der Waals surface area contributed by atoms with E-state index in [4.69, 9.17) is 18.9 Å². The molecule has 0 unspecified atom stereocenters. The highest BCUT2D eigenvalue weighted by Gasteiger charge is 2.09.